The number of carbonyl (C=O) groups excluding carboxylic acids is 1. The third-order valence-electron chi connectivity index (χ3n) is 1.59. The van der Waals surface area contributed by atoms with Crippen LogP contribution >= 0.6 is 11.3 Å². The molecule has 1 aromatic heterocycles. The van der Waals surface area contributed by atoms with Crippen molar-refractivity contribution in [3.05, 3.63) is 16.6 Å². The number of nitrogens with zero attached hydrogens (tertiary/aromatic N) is 1. The molecule has 0 saturated carbocycles. The first-order valence-corrected chi connectivity index (χ1v) is 4.88. The van der Waals surface area contributed by atoms with Crippen LogP contribution < -0.4 is 5.32 Å². The van der Waals surface area contributed by atoms with Gasteiger partial charge in [0.1, 0.15) is 0 Å². The minimum atomic E-state index is -0.102. The number of aromatic nitrogens is 1. The lowest BCUT2D eigenvalue weighted by molar-refractivity contribution is -0.119. The SMILES string of the molecule is CC(=O)NC(CCO)c1cncs1. The lowest BCUT2D eigenvalue weighted by Gasteiger charge is -2.13. The summed E-state index contributed by atoms with van der Waals surface area (Å²) in [4.78, 5) is 15.7. The van der Waals surface area contributed by atoms with E-state index in [9.17, 15) is 4.79 Å². The van der Waals surface area contributed by atoms with Crippen LogP contribution in [-0.2, 0) is 4.79 Å². The zero-order valence-electron chi connectivity index (χ0n) is 7.36. The van der Waals surface area contributed by atoms with Gasteiger partial charge < -0.3 is 10.4 Å². The number of nitrogens with one attached hydrogen (secondary N) is 1. The molecule has 5 heteroatoms. The molecule has 1 aromatic rings. The second-order valence-corrected chi connectivity index (χ2v) is 3.59. The van der Waals surface area contributed by atoms with Crippen molar-refractivity contribution in [2.24, 2.45) is 0 Å². The van der Waals surface area contributed by atoms with E-state index in [1.165, 1.54) is 18.3 Å². The van der Waals surface area contributed by atoms with Crippen molar-refractivity contribution in [1.82, 2.24) is 10.3 Å². The largest absolute Gasteiger partial charge is 0.396 e. The quantitative estimate of drug-likeness (QED) is 0.752. The Balaban J connectivity index is 2.62. The van der Waals surface area contributed by atoms with Crippen LogP contribution in [-0.4, -0.2) is 22.6 Å². The molecule has 72 valence electrons. The summed E-state index contributed by atoms with van der Waals surface area (Å²) in [6.45, 7) is 1.52. The first-order valence-electron chi connectivity index (χ1n) is 4.00. The Labute approximate surface area is 80.6 Å². The van der Waals surface area contributed by atoms with Crippen molar-refractivity contribution in [3.63, 3.8) is 0 Å². The van der Waals surface area contributed by atoms with Gasteiger partial charge in [-0.3, -0.25) is 9.78 Å². The Morgan fingerprint density at radius 2 is 2.62 bits per heavy atom. The van der Waals surface area contributed by atoms with Crippen molar-refractivity contribution in [2.45, 2.75) is 19.4 Å². The van der Waals surface area contributed by atoms with Gasteiger partial charge in [-0.1, -0.05) is 0 Å². The summed E-state index contributed by atoms with van der Waals surface area (Å²) in [6, 6.07) is -0.102. The zero-order chi connectivity index (χ0) is 9.68. The number of carbonyl (C=O) groups is 1. The van der Waals surface area contributed by atoms with Gasteiger partial charge >= 0.3 is 0 Å². The third-order valence-corrected chi connectivity index (χ3v) is 2.48. The fraction of sp³-hybridized carbons (Fsp3) is 0.500. The highest BCUT2D eigenvalue weighted by Crippen LogP contribution is 2.19. The number of rotatable bonds is 4. The molecule has 1 atom stereocenters. The molecule has 1 rings (SSSR count). The maximum absolute atomic E-state index is 10.8. The lowest BCUT2D eigenvalue weighted by atomic mass is 10.2. The molecule has 0 aliphatic heterocycles. The zero-order valence-corrected chi connectivity index (χ0v) is 8.17. The molecule has 13 heavy (non-hydrogen) atoms. The van der Waals surface area contributed by atoms with E-state index in [1.54, 1.807) is 11.7 Å². The van der Waals surface area contributed by atoms with E-state index >= 15 is 0 Å². The van der Waals surface area contributed by atoms with Crippen LogP contribution in [0.15, 0.2) is 11.7 Å². The molecule has 0 radical (unpaired) electrons. The molecule has 1 amide bonds. The third kappa shape index (κ3) is 3.12. The van der Waals surface area contributed by atoms with Crippen LogP contribution in [0, 0.1) is 0 Å². The Morgan fingerprint density at radius 3 is 3.08 bits per heavy atom. The predicted octanol–water partition coefficient (Wildman–Crippen LogP) is 0.703. The van der Waals surface area contributed by atoms with Crippen LogP contribution in [0.4, 0.5) is 0 Å². The molecule has 1 unspecified atom stereocenters. The van der Waals surface area contributed by atoms with Crippen LogP contribution in [0.3, 0.4) is 0 Å². The van der Waals surface area contributed by atoms with E-state index in [4.69, 9.17) is 5.11 Å². The highest BCUT2D eigenvalue weighted by Gasteiger charge is 2.12. The van der Waals surface area contributed by atoms with Gasteiger partial charge in [0.2, 0.25) is 5.91 Å². The molecule has 0 saturated heterocycles. The Morgan fingerprint density at radius 1 is 1.85 bits per heavy atom. The average molecular weight is 200 g/mol. The van der Waals surface area contributed by atoms with Gasteiger partial charge in [-0.2, -0.15) is 0 Å². The topological polar surface area (TPSA) is 62.2 Å². The fourth-order valence-corrected chi connectivity index (χ4v) is 1.76. The van der Waals surface area contributed by atoms with Crippen LogP contribution in [0.25, 0.3) is 0 Å². The van der Waals surface area contributed by atoms with E-state index in [2.05, 4.69) is 10.3 Å². The van der Waals surface area contributed by atoms with Crippen molar-refractivity contribution in [3.8, 4) is 0 Å². The smallest absolute Gasteiger partial charge is 0.217 e. The van der Waals surface area contributed by atoms with Gasteiger partial charge in [-0.15, -0.1) is 11.3 Å². The van der Waals surface area contributed by atoms with Gasteiger partial charge in [-0.05, 0) is 6.42 Å². The molecule has 0 aromatic carbocycles. The Bertz CT molecular complexity index is 261. The second-order valence-electron chi connectivity index (χ2n) is 2.67. The normalized spacial score (nSPS) is 12.5. The summed E-state index contributed by atoms with van der Waals surface area (Å²) in [6.07, 6.45) is 2.24. The van der Waals surface area contributed by atoms with Gasteiger partial charge in [0.25, 0.3) is 0 Å². The number of aliphatic hydroxyl groups excluding tert-OH is 1. The maximum Gasteiger partial charge on any atom is 0.217 e. The summed E-state index contributed by atoms with van der Waals surface area (Å²) in [7, 11) is 0. The van der Waals surface area contributed by atoms with E-state index in [0.717, 1.165) is 4.88 Å². The van der Waals surface area contributed by atoms with Crippen LogP contribution in [0.2, 0.25) is 0 Å². The summed E-state index contributed by atoms with van der Waals surface area (Å²) in [5, 5.41) is 11.5. The average Bonchev–Trinajstić information content (AvgIpc) is 2.54. The monoisotopic (exact) mass is 200 g/mol. The molecule has 4 nitrogen and oxygen atoms in total. The summed E-state index contributed by atoms with van der Waals surface area (Å²) >= 11 is 1.48. The first-order chi connectivity index (χ1) is 6.24. The summed E-state index contributed by atoms with van der Waals surface area (Å²) in [5.74, 6) is -0.0909. The standard InChI is InChI=1S/C8H12N2O2S/c1-6(12)10-7(2-3-11)8-4-9-5-13-8/h4-5,7,11H,2-3H2,1H3,(H,10,12). The summed E-state index contributed by atoms with van der Waals surface area (Å²) in [5.41, 5.74) is 1.71. The van der Waals surface area contributed by atoms with Crippen LogP contribution in [0.5, 0.6) is 0 Å². The van der Waals surface area contributed by atoms with Gasteiger partial charge in [0, 0.05) is 24.6 Å². The molecule has 0 aliphatic carbocycles. The Kier molecular flexibility index (Phi) is 3.85. The van der Waals surface area contributed by atoms with Crippen molar-refractivity contribution >= 4 is 17.2 Å². The molecular weight excluding hydrogens is 188 g/mol. The molecule has 0 spiro atoms. The van der Waals surface area contributed by atoms with Crippen LogP contribution in [0.1, 0.15) is 24.3 Å². The molecule has 0 bridgehead atoms. The number of amides is 1. The molecule has 1 heterocycles. The minimum Gasteiger partial charge on any atom is -0.396 e. The number of thiazole rings is 1. The summed E-state index contributed by atoms with van der Waals surface area (Å²) < 4.78 is 0. The van der Waals surface area contributed by atoms with Crippen molar-refractivity contribution in [1.29, 1.82) is 0 Å². The fourth-order valence-electron chi connectivity index (χ4n) is 1.06. The number of aliphatic hydroxyl groups is 1. The van der Waals surface area contributed by atoms with E-state index in [0.29, 0.717) is 6.42 Å². The molecule has 0 fully saturated rings. The molecule has 0 aliphatic rings. The highest BCUT2D eigenvalue weighted by atomic mass is 32.1. The minimum absolute atomic E-state index is 0.0584. The van der Waals surface area contributed by atoms with Crippen molar-refractivity contribution < 1.29 is 9.90 Å². The van der Waals surface area contributed by atoms with E-state index < -0.39 is 0 Å². The second kappa shape index (κ2) is 4.94. The Hall–Kier alpha value is -0.940. The van der Waals surface area contributed by atoms with Crippen molar-refractivity contribution in [2.75, 3.05) is 6.61 Å². The predicted molar refractivity (Wildman–Crippen MR) is 50.4 cm³/mol. The van der Waals surface area contributed by atoms with Gasteiger partial charge in [0.15, 0.2) is 0 Å². The highest BCUT2D eigenvalue weighted by molar-refractivity contribution is 7.09. The van der Waals surface area contributed by atoms with Gasteiger partial charge in [0.05, 0.1) is 11.6 Å². The van der Waals surface area contributed by atoms with E-state index in [1.807, 2.05) is 0 Å². The van der Waals surface area contributed by atoms with Gasteiger partial charge in [-0.25, -0.2) is 0 Å². The number of hydrogen-bond donors (Lipinski definition) is 2. The first kappa shape index (κ1) is 10.1. The molecule has 2 N–H and O–H groups in total. The van der Waals surface area contributed by atoms with E-state index in [-0.39, 0.29) is 18.6 Å². The number of hydrogen-bond acceptors (Lipinski definition) is 4. The molecular formula is C8H12N2O2S. The maximum atomic E-state index is 10.8. The lowest BCUT2D eigenvalue weighted by Crippen LogP contribution is -2.26.